The van der Waals surface area contributed by atoms with Gasteiger partial charge >= 0.3 is 0 Å². The third-order valence-electron chi connectivity index (χ3n) is 4.73. The lowest BCUT2D eigenvalue weighted by Crippen LogP contribution is -2.45. The summed E-state index contributed by atoms with van der Waals surface area (Å²) in [6, 6.07) is 6.73. The second kappa shape index (κ2) is 6.37. The van der Waals surface area contributed by atoms with Gasteiger partial charge in [-0.05, 0) is 47.4 Å². The van der Waals surface area contributed by atoms with E-state index in [4.69, 9.17) is 4.74 Å². The lowest BCUT2D eigenvalue weighted by Gasteiger charge is -2.27. The average Bonchev–Trinajstić information content (AvgIpc) is 3.04. The maximum absolute atomic E-state index is 13.9. The van der Waals surface area contributed by atoms with E-state index in [0.29, 0.717) is 18.9 Å². The predicted molar refractivity (Wildman–Crippen MR) is 94.4 cm³/mol. The first-order valence-electron chi connectivity index (χ1n) is 8.48. The summed E-state index contributed by atoms with van der Waals surface area (Å²) >= 11 is 0. The Kier molecular flexibility index (Phi) is 4.05. The Morgan fingerprint density at radius 3 is 2.84 bits per heavy atom. The molecule has 0 amide bonds. The molecule has 2 heterocycles. The van der Waals surface area contributed by atoms with Gasteiger partial charge in [0, 0.05) is 19.0 Å². The Hall–Kier alpha value is -2.60. The lowest BCUT2D eigenvalue weighted by atomic mass is 9.96. The number of rotatable bonds is 5. The molecule has 1 aliphatic rings. The molecule has 1 saturated heterocycles. The van der Waals surface area contributed by atoms with Crippen LogP contribution in [0, 0.1) is 11.7 Å². The van der Waals surface area contributed by atoms with Crippen molar-refractivity contribution in [1.29, 1.82) is 0 Å². The molecule has 3 N–H and O–H groups in total. The lowest BCUT2D eigenvalue weighted by molar-refractivity contribution is 0.201. The number of benzene rings is 2. The van der Waals surface area contributed by atoms with Crippen molar-refractivity contribution in [3.63, 3.8) is 0 Å². The van der Waals surface area contributed by atoms with Gasteiger partial charge in [0.1, 0.15) is 5.75 Å². The molecule has 130 valence electrons. The van der Waals surface area contributed by atoms with Crippen molar-refractivity contribution in [2.75, 3.05) is 19.7 Å². The molecule has 0 saturated carbocycles. The van der Waals surface area contributed by atoms with Crippen LogP contribution in [0.2, 0.25) is 0 Å². The summed E-state index contributed by atoms with van der Waals surface area (Å²) < 4.78 is 20.0. The second-order valence-electron chi connectivity index (χ2n) is 6.46. The van der Waals surface area contributed by atoms with Gasteiger partial charge in [0.25, 0.3) is 0 Å². The number of aromatic hydroxyl groups is 1. The molecule has 25 heavy (non-hydrogen) atoms. The van der Waals surface area contributed by atoms with Gasteiger partial charge in [0.15, 0.2) is 11.6 Å². The van der Waals surface area contributed by atoms with Crippen LogP contribution < -0.4 is 10.1 Å². The summed E-state index contributed by atoms with van der Waals surface area (Å²) in [5, 5.41) is 20.9. The Bertz CT molecular complexity index is 918. The first-order chi connectivity index (χ1) is 12.2. The molecule has 4 rings (SSSR count). The second-order valence-corrected chi connectivity index (χ2v) is 6.46. The number of aromatic amines is 1. The molecule has 0 bridgehead atoms. The minimum Gasteiger partial charge on any atom is -0.505 e. The minimum absolute atomic E-state index is 0.322. The number of phenolic OH excluding ortho intramolecular Hbond substituents is 1. The number of ether oxygens (including phenoxy) is 1. The molecular weight excluding hydrogens is 321 g/mol. The zero-order valence-electron chi connectivity index (χ0n) is 14.0. The average molecular weight is 341 g/mol. The van der Waals surface area contributed by atoms with E-state index in [1.165, 1.54) is 12.1 Å². The Morgan fingerprint density at radius 2 is 2.12 bits per heavy atom. The number of aryl methyl sites for hydroxylation is 1. The Labute approximate surface area is 144 Å². The third-order valence-corrected chi connectivity index (χ3v) is 4.73. The van der Waals surface area contributed by atoms with Crippen LogP contribution >= 0.6 is 0 Å². The molecule has 0 spiro atoms. The van der Waals surface area contributed by atoms with Crippen molar-refractivity contribution < 1.29 is 14.2 Å². The number of aromatic nitrogens is 2. The van der Waals surface area contributed by atoms with Crippen molar-refractivity contribution in [3.05, 3.63) is 41.8 Å². The van der Waals surface area contributed by atoms with Gasteiger partial charge in [-0.1, -0.05) is 6.92 Å². The fourth-order valence-electron chi connectivity index (χ4n) is 3.13. The van der Waals surface area contributed by atoms with E-state index in [-0.39, 0.29) is 5.75 Å². The summed E-state index contributed by atoms with van der Waals surface area (Å²) in [4.78, 5) is 0. The highest BCUT2D eigenvalue weighted by molar-refractivity contribution is 5.90. The van der Waals surface area contributed by atoms with E-state index in [1.807, 2.05) is 19.1 Å². The van der Waals surface area contributed by atoms with E-state index >= 15 is 0 Å². The molecule has 1 fully saturated rings. The van der Waals surface area contributed by atoms with Gasteiger partial charge in [-0.2, -0.15) is 5.10 Å². The van der Waals surface area contributed by atoms with Crippen molar-refractivity contribution in [3.8, 4) is 22.6 Å². The van der Waals surface area contributed by atoms with E-state index < -0.39 is 5.82 Å². The van der Waals surface area contributed by atoms with E-state index in [0.717, 1.165) is 46.4 Å². The Morgan fingerprint density at radius 1 is 1.28 bits per heavy atom. The fraction of sp³-hybridized carbons (Fsp3) is 0.316. The predicted octanol–water partition coefficient (Wildman–Crippen LogP) is 3.24. The molecular formula is C19H20FN3O2. The summed E-state index contributed by atoms with van der Waals surface area (Å²) in [6.45, 7) is 4.56. The van der Waals surface area contributed by atoms with Gasteiger partial charge in [-0.15, -0.1) is 0 Å². The van der Waals surface area contributed by atoms with E-state index in [1.54, 1.807) is 6.20 Å². The maximum atomic E-state index is 13.9. The standard InChI is InChI=1S/C19H20FN3O2/c1-2-12-4-18(24)16(20)6-14(12)13-3-17-15(9-22-23-17)19(5-13)25-10-11-7-21-8-11/h3-6,9,11,21,24H,2,7-8,10H2,1H3,(H,22,23). The van der Waals surface area contributed by atoms with Crippen LogP contribution in [0.5, 0.6) is 11.5 Å². The first kappa shape index (κ1) is 15.9. The molecule has 6 heteroatoms. The number of phenols is 1. The van der Waals surface area contributed by atoms with Crippen molar-refractivity contribution in [1.82, 2.24) is 15.5 Å². The number of nitrogens with zero attached hydrogens (tertiary/aromatic N) is 1. The Balaban J connectivity index is 1.78. The van der Waals surface area contributed by atoms with Crippen LogP contribution in [0.15, 0.2) is 30.5 Å². The maximum Gasteiger partial charge on any atom is 0.165 e. The van der Waals surface area contributed by atoms with Gasteiger partial charge < -0.3 is 15.2 Å². The van der Waals surface area contributed by atoms with Crippen LogP contribution in [0.4, 0.5) is 4.39 Å². The molecule has 0 aliphatic carbocycles. The first-order valence-corrected chi connectivity index (χ1v) is 8.48. The zero-order chi connectivity index (χ0) is 17.4. The number of halogens is 1. The van der Waals surface area contributed by atoms with Crippen LogP contribution in [-0.4, -0.2) is 35.0 Å². The molecule has 2 aromatic carbocycles. The van der Waals surface area contributed by atoms with Crippen molar-refractivity contribution in [2.45, 2.75) is 13.3 Å². The molecule has 1 aliphatic heterocycles. The summed E-state index contributed by atoms with van der Waals surface area (Å²) in [5.41, 5.74) is 3.32. The van der Waals surface area contributed by atoms with Gasteiger partial charge in [-0.3, -0.25) is 5.10 Å². The highest BCUT2D eigenvalue weighted by Gasteiger charge is 2.19. The van der Waals surface area contributed by atoms with Gasteiger partial charge in [0.05, 0.1) is 23.7 Å². The normalized spacial score (nSPS) is 14.6. The zero-order valence-corrected chi connectivity index (χ0v) is 14.0. The summed E-state index contributed by atoms with van der Waals surface area (Å²) in [7, 11) is 0. The van der Waals surface area contributed by atoms with Crippen LogP contribution in [0.3, 0.4) is 0 Å². The van der Waals surface area contributed by atoms with Gasteiger partial charge in [0.2, 0.25) is 0 Å². The van der Waals surface area contributed by atoms with Crippen molar-refractivity contribution >= 4 is 10.9 Å². The summed E-state index contributed by atoms with van der Waals surface area (Å²) in [5.74, 6) is 0.309. The smallest absolute Gasteiger partial charge is 0.165 e. The largest absolute Gasteiger partial charge is 0.505 e. The third kappa shape index (κ3) is 2.93. The molecule has 5 nitrogen and oxygen atoms in total. The number of H-pyrrole nitrogens is 1. The van der Waals surface area contributed by atoms with E-state index in [9.17, 15) is 9.50 Å². The number of hydrogen-bond donors (Lipinski definition) is 3. The number of nitrogens with one attached hydrogen (secondary N) is 2. The van der Waals surface area contributed by atoms with Gasteiger partial charge in [-0.25, -0.2) is 4.39 Å². The topological polar surface area (TPSA) is 70.2 Å². The highest BCUT2D eigenvalue weighted by Crippen LogP contribution is 2.35. The summed E-state index contributed by atoms with van der Waals surface area (Å²) in [6.07, 6.45) is 2.43. The molecule has 0 unspecified atom stereocenters. The number of hydrogen-bond acceptors (Lipinski definition) is 4. The molecule has 3 aromatic rings. The van der Waals surface area contributed by atoms with E-state index in [2.05, 4.69) is 15.5 Å². The highest BCUT2D eigenvalue weighted by atomic mass is 19.1. The number of fused-ring (bicyclic) bond motifs is 1. The minimum atomic E-state index is -0.625. The SMILES string of the molecule is CCc1cc(O)c(F)cc1-c1cc(OCC2CNC2)c2cn[nH]c2c1. The van der Waals surface area contributed by atoms with Crippen LogP contribution in [0.25, 0.3) is 22.0 Å². The molecule has 0 atom stereocenters. The quantitative estimate of drug-likeness (QED) is 0.666. The molecule has 0 radical (unpaired) electrons. The van der Waals surface area contributed by atoms with Crippen LogP contribution in [-0.2, 0) is 6.42 Å². The van der Waals surface area contributed by atoms with Crippen molar-refractivity contribution in [2.24, 2.45) is 5.92 Å². The molecule has 1 aromatic heterocycles. The monoisotopic (exact) mass is 341 g/mol. The fourth-order valence-corrected chi connectivity index (χ4v) is 3.13. The van der Waals surface area contributed by atoms with Crippen LogP contribution in [0.1, 0.15) is 12.5 Å².